The predicted octanol–water partition coefficient (Wildman–Crippen LogP) is 1.44. The zero-order chi connectivity index (χ0) is 27.4. The first-order valence-corrected chi connectivity index (χ1v) is 13.8. The van der Waals surface area contributed by atoms with E-state index in [9.17, 15) is 14.4 Å². The normalized spacial score (nSPS) is 30.7. The van der Waals surface area contributed by atoms with E-state index in [1.165, 1.54) is 0 Å². The first-order chi connectivity index (χ1) is 18.7. The van der Waals surface area contributed by atoms with Gasteiger partial charge in [0.15, 0.2) is 0 Å². The number of hydrogen-bond donors (Lipinski definition) is 2. The lowest BCUT2D eigenvalue weighted by Crippen LogP contribution is -2.65. The SMILES string of the molecule is CNC(=O)[C@H]1NC(=O)[C@H]2CN(Cc3ccccn3)CC23CN(C3)C(=O)[C@H]2C([C@H]1OCc1ccccc1)C2(C)C. The van der Waals surface area contributed by atoms with E-state index < -0.39 is 12.1 Å². The van der Waals surface area contributed by atoms with Gasteiger partial charge in [0, 0.05) is 63.2 Å². The number of likely N-dealkylation sites (tertiary alicyclic amines) is 1. The third-order valence-electron chi connectivity index (χ3n) is 9.44. The van der Waals surface area contributed by atoms with E-state index in [1.807, 2.05) is 53.4 Å². The molecular weight excluding hydrogens is 494 g/mol. The number of carbonyl (C=O) groups excluding carboxylic acids is 3. The van der Waals surface area contributed by atoms with Gasteiger partial charge in [-0.1, -0.05) is 50.2 Å². The minimum atomic E-state index is -0.902. The monoisotopic (exact) mass is 531 g/mol. The van der Waals surface area contributed by atoms with Gasteiger partial charge in [-0.15, -0.1) is 0 Å². The average molecular weight is 532 g/mol. The Hall–Kier alpha value is -3.30. The smallest absolute Gasteiger partial charge is 0.245 e. The van der Waals surface area contributed by atoms with Crippen LogP contribution in [0.15, 0.2) is 54.7 Å². The number of pyridine rings is 1. The fourth-order valence-corrected chi connectivity index (χ4v) is 7.30. The third kappa shape index (κ3) is 4.51. The van der Waals surface area contributed by atoms with Gasteiger partial charge in [0.05, 0.1) is 24.3 Å². The number of amides is 3. The maximum Gasteiger partial charge on any atom is 0.245 e. The standard InChI is InChI=1S/C30H37N5O4/c1-29(2)22-23(29)28(38)35-17-30(18-35)16-34(13-20-11-7-8-12-32-20)14-21(30)26(36)33-24(27(37)31-3)25(22)39-15-19-9-5-4-6-10-19/h4-12,21-25H,13-18H2,1-3H3,(H,31,37)(H,33,36)/t21-,22?,23-,24+,25-/m1/s1. The van der Waals surface area contributed by atoms with Crippen LogP contribution < -0.4 is 10.6 Å². The van der Waals surface area contributed by atoms with E-state index >= 15 is 0 Å². The molecule has 1 aromatic carbocycles. The van der Waals surface area contributed by atoms with Gasteiger partial charge >= 0.3 is 0 Å². The summed E-state index contributed by atoms with van der Waals surface area (Å²) in [7, 11) is 1.57. The molecule has 9 heteroatoms. The summed E-state index contributed by atoms with van der Waals surface area (Å²) >= 11 is 0. The second kappa shape index (κ2) is 9.71. The molecule has 39 heavy (non-hydrogen) atoms. The molecule has 2 bridgehead atoms. The van der Waals surface area contributed by atoms with Crippen LogP contribution in [0.4, 0.5) is 0 Å². The lowest BCUT2D eigenvalue weighted by Gasteiger charge is -2.50. The Balaban J connectivity index is 1.31. The van der Waals surface area contributed by atoms with Gasteiger partial charge in [-0.2, -0.15) is 0 Å². The molecule has 4 aliphatic heterocycles. The molecule has 5 fully saturated rings. The number of aromatic nitrogens is 1. The number of rotatable bonds is 6. The number of nitrogens with one attached hydrogen (secondary N) is 2. The first kappa shape index (κ1) is 26.0. The van der Waals surface area contributed by atoms with Crippen molar-refractivity contribution in [3.8, 4) is 0 Å². The van der Waals surface area contributed by atoms with Crippen molar-refractivity contribution < 1.29 is 19.1 Å². The van der Waals surface area contributed by atoms with Crippen LogP contribution in [-0.2, 0) is 32.3 Å². The molecule has 3 amide bonds. The number of fused-ring (bicyclic) bond motifs is 3. The van der Waals surface area contributed by atoms with Crippen molar-refractivity contribution >= 4 is 17.7 Å². The van der Waals surface area contributed by atoms with Gasteiger partial charge in [-0.3, -0.25) is 24.3 Å². The van der Waals surface area contributed by atoms with E-state index in [1.54, 1.807) is 13.2 Å². The van der Waals surface area contributed by atoms with Gasteiger partial charge in [-0.05, 0) is 23.1 Å². The molecule has 4 saturated heterocycles. The van der Waals surface area contributed by atoms with Gasteiger partial charge in [0.25, 0.3) is 0 Å². The van der Waals surface area contributed by atoms with E-state index in [-0.39, 0.29) is 52.9 Å². The van der Waals surface area contributed by atoms with Gasteiger partial charge in [0.1, 0.15) is 6.04 Å². The number of benzene rings is 1. The molecular formula is C30H37N5O4. The summed E-state index contributed by atoms with van der Waals surface area (Å²) < 4.78 is 6.46. The Morgan fingerprint density at radius 3 is 2.54 bits per heavy atom. The molecule has 5 aliphatic rings. The highest BCUT2D eigenvalue weighted by atomic mass is 16.5. The fourth-order valence-electron chi connectivity index (χ4n) is 7.30. The molecule has 1 spiro atoms. The Kier molecular flexibility index (Phi) is 6.46. The van der Waals surface area contributed by atoms with Crippen LogP contribution >= 0.6 is 0 Å². The van der Waals surface area contributed by atoms with Crippen LogP contribution in [0.2, 0.25) is 0 Å². The minimum Gasteiger partial charge on any atom is -0.371 e. The van der Waals surface area contributed by atoms with Crippen molar-refractivity contribution in [1.29, 1.82) is 0 Å². The Bertz CT molecular complexity index is 1250. The lowest BCUT2D eigenvalue weighted by molar-refractivity contribution is -0.151. The molecule has 5 heterocycles. The Morgan fingerprint density at radius 1 is 1.10 bits per heavy atom. The fraction of sp³-hybridized carbons (Fsp3) is 0.533. The van der Waals surface area contributed by atoms with Gasteiger partial charge in [-0.25, -0.2) is 0 Å². The maximum absolute atomic E-state index is 14.0. The summed E-state index contributed by atoms with van der Waals surface area (Å²) in [4.78, 5) is 49.7. The third-order valence-corrected chi connectivity index (χ3v) is 9.44. The largest absolute Gasteiger partial charge is 0.371 e. The average Bonchev–Trinajstić information content (AvgIpc) is 3.28. The molecule has 1 saturated carbocycles. The van der Waals surface area contributed by atoms with Crippen LogP contribution in [0.25, 0.3) is 0 Å². The minimum absolute atomic E-state index is 0.107. The van der Waals surface area contributed by atoms with Crippen molar-refractivity contribution in [2.75, 3.05) is 33.2 Å². The molecule has 7 rings (SSSR count). The summed E-state index contributed by atoms with van der Waals surface area (Å²) in [6.45, 7) is 7.44. The van der Waals surface area contributed by atoms with E-state index in [2.05, 4.69) is 34.4 Å². The summed E-state index contributed by atoms with van der Waals surface area (Å²) in [6.07, 6.45) is 1.13. The second-order valence-corrected chi connectivity index (χ2v) is 12.3. The molecule has 9 nitrogen and oxygen atoms in total. The number of likely N-dealkylation sites (N-methyl/N-ethyl adjacent to an activating group) is 1. The summed E-state index contributed by atoms with van der Waals surface area (Å²) in [5.41, 5.74) is 1.24. The van der Waals surface area contributed by atoms with Crippen molar-refractivity contribution in [2.24, 2.45) is 28.6 Å². The van der Waals surface area contributed by atoms with Crippen molar-refractivity contribution in [1.82, 2.24) is 25.4 Å². The molecule has 1 aliphatic carbocycles. The van der Waals surface area contributed by atoms with E-state index in [0.29, 0.717) is 32.7 Å². The highest BCUT2D eigenvalue weighted by Crippen LogP contribution is 2.63. The highest BCUT2D eigenvalue weighted by Gasteiger charge is 2.70. The van der Waals surface area contributed by atoms with Crippen LogP contribution in [0.5, 0.6) is 0 Å². The quantitative estimate of drug-likeness (QED) is 0.585. The Labute approximate surface area is 229 Å². The Morgan fingerprint density at radius 2 is 1.85 bits per heavy atom. The zero-order valence-electron chi connectivity index (χ0n) is 22.8. The maximum atomic E-state index is 14.0. The molecule has 5 atom stereocenters. The number of nitrogens with zero attached hydrogens (tertiary/aromatic N) is 3. The van der Waals surface area contributed by atoms with E-state index in [0.717, 1.165) is 11.3 Å². The number of carbonyl (C=O) groups is 3. The highest BCUT2D eigenvalue weighted by molar-refractivity contribution is 5.91. The van der Waals surface area contributed by atoms with Crippen molar-refractivity contribution in [3.05, 3.63) is 66.0 Å². The van der Waals surface area contributed by atoms with Gasteiger partial charge in [0.2, 0.25) is 17.7 Å². The second-order valence-electron chi connectivity index (χ2n) is 12.3. The predicted molar refractivity (Wildman–Crippen MR) is 144 cm³/mol. The van der Waals surface area contributed by atoms with Crippen molar-refractivity contribution in [3.63, 3.8) is 0 Å². The lowest BCUT2D eigenvalue weighted by atomic mass is 9.71. The molecule has 2 N–H and O–H groups in total. The molecule has 0 radical (unpaired) electrons. The van der Waals surface area contributed by atoms with Crippen LogP contribution in [0.1, 0.15) is 25.1 Å². The zero-order valence-corrected chi connectivity index (χ0v) is 22.8. The number of ether oxygens (including phenoxy) is 1. The first-order valence-electron chi connectivity index (χ1n) is 13.8. The molecule has 206 valence electrons. The van der Waals surface area contributed by atoms with Crippen LogP contribution in [-0.4, -0.2) is 77.9 Å². The van der Waals surface area contributed by atoms with Crippen LogP contribution in [0, 0.1) is 28.6 Å². The number of hydrogen-bond acceptors (Lipinski definition) is 6. The van der Waals surface area contributed by atoms with Crippen LogP contribution in [0.3, 0.4) is 0 Å². The molecule has 2 aromatic rings. The summed E-state index contributed by atoms with van der Waals surface area (Å²) in [6, 6.07) is 14.7. The molecule has 1 unspecified atom stereocenters. The van der Waals surface area contributed by atoms with E-state index in [4.69, 9.17) is 4.74 Å². The topological polar surface area (TPSA) is 104 Å². The van der Waals surface area contributed by atoms with Gasteiger partial charge < -0.3 is 20.3 Å². The summed E-state index contributed by atoms with van der Waals surface area (Å²) in [5.74, 6) is -1.14. The van der Waals surface area contributed by atoms with Crippen molar-refractivity contribution in [2.45, 2.75) is 39.1 Å². The molecule has 1 aromatic heterocycles. The summed E-state index contributed by atoms with van der Waals surface area (Å²) in [5, 5.41) is 5.85.